The number of nitrogens with zero attached hydrogens (tertiary/aromatic N) is 4. The van der Waals surface area contributed by atoms with Crippen LogP contribution in [0.4, 0.5) is 5.82 Å². The molecule has 8 heteroatoms. The first-order valence-electron chi connectivity index (χ1n) is 9.37. The second-order valence-corrected chi connectivity index (χ2v) is 7.16. The Labute approximate surface area is 162 Å². The van der Waals surface area contributed by atoms with Crippen molar-refractivity contribution in [2.45, 2.75) is 18.5 Å². The van der Waals surface area contributed by atoms with Crippen LogP contribution in [-0.2, 0) is 14.1 Å². The number of imidazole rings is 1. The molecule has 1 unspecified atom stereocenters. The average molecular weight is 380 g/mol. The van der Waals surface area contributed by atoms with Crippen molar-refractivity contribution in [3.05, 3.63) is 81.0 Å². The Hall–Kier alpha value is -3.13. The molecule has 28 heavy (non-hydrogen) atoms. The van der Waals surface area contributed by atoms with Gasteiger partial charge < -0.3 is 9.88 Å². The van der Waals surface area contributed by atoms with E-state index in [4.69, 9.17) is 0 Å². The maximum Gasteiger partial charge on any atom is 0.332 e. The molecule has 2 aromatic heterocycles. The molecule has 2 atom stereocenters. The smallest absolute Gasteiger partial charge is 0.332 e. The van der Waals surface area contributed by atoms with E-state index in [1.54, 1.807) is 13.2 Å². The summed E-state index contributed by atoms with van der Waals surface area (Å²) in [7, 11) is 3.20. The molecule has 1 fully saturated rings. The molecular weight excluding hydrogens is 356 g/mol. The highest BCUT2D eigenvalue weighted by atomic mass is 16.2. The highest BCUT2D eigenvalue weighted by molar-refractivity contribution is 5.40. The Balaban J connectivity index is 1.56. The van der Waals surface area contributed by atoms with Crippen LogP contribution in [0, 0.1) is 0 Å². The summed E-state index contributed by atoms with van der Waals surface area (Å²) in [4.78, 5) is 34.0. The van der Waals surface area contributed by atoms with Crippen molar-refractivity contribution < 1.29 is 0 Å². The first kappa shape index (κ1) is 18.2. The van der Waals surface area contributed by atoms with Crippen LogP contribution in [0.3, 0.4) is 0 Å². The lowest BCUT2D eigenvalue weighted by Crippen LogP contribution is -2.41. The highest BCUT2D eigenvalue weighted by Gasteiger charge is 2.28. The molecule has 4 rings (SSSR count). The molecule has 2 N–H and O–H groups in total. The van der Waals surface area contributed by atoms with E-state index < -0.39 is 0 Å². The van der Waals surface area contributed by atoms with Crippen molar-refractivity contribution in [2.24, 2.45) is 14.1 Å². The van der Waals surface area contributed by atoms with Gasteiger partial charge in [0.15, 0.2) is 0 Å². The van der Waals surface area contributed by atoms with Crippen LogP contribution < -0.4 is 21.5 Å². The van der Waals surface area contributed by atoms with E-state index in [9.17, 15) is 9.59 Å². The molecule has 0 amide bonds. The zero-order chi connectivity index (χ0) is 19.7. The lowest BCUT2D eigenvalue weighted by atomic mass is 10.0. The van der Waals surface area contributed by atoms with Gasteiger partial charge in [-0.1, -0.05) is 30.3 Å². The van der Waals surface area contributed by atoms with Crippen LogP contribution in [0.5, 0.6) is 0 Å². The van der Waals surface area contributed by atoms with Crippen LogP contribution in [0.1, 0.15) is 23.9 Å². The number of aromatic nitrogens is 4. The zero-order valence-corrected chi connectivity index (χ0v) is 16.0. The number of anilines is 1. The predicted molar refractivity (Wildman–Crippen MR) is 108 cm³/mol. The van der Waals surface area contributed by atoms with Gasteiger partial charge in [-0.2, -0.15) is 0 Å². The molecule has 0 radical (unpaired) electrons. The summed E-state index contributed by atoms with van der Waals surface area (Å²) in [6, 6.07) is 11.9. The summed E-state index contributed by atoms with van der Waals surface area (Å²) >= 11 is 0. The minimum Gasteiger partial charge on any atom is -0.356 e. The third-order valence-electron chi connectivity index (χ3n) is 5.34. The normalized spacial score (nSPS) is 17.8. The first-order chi connectivity index (χ1) is 13.5. The maximum atomic E-state index is 12.2. The second kappa shape index (κ2) is 7.47. The van der Waals surface area contributed by atoms with Gasteiger partial charge in [-0.05, 0) is 12.0 Å². The zero-order valence-electron chi connectivity index (χ0n) is 16.0. The molecule has 1 aliphatic heterocycles. The fourth-order valence-corrected chi connectivity index (χ4v) is 3.78. The van der Waals surface area contributed by atoms with Gasteiger partial charge in [0.25, 0.3) is 5.56 Å². The lowest BCUT2D eigenvalue weighted by molar-refractivity contribution is 0.487. The van der Waals surface area contributed by atoms with Gasteiger partial charge in [0.1, 0.15) is 11.6 Å². The summed E-state index contributed by atoms with van der Waals surface area (Å²) in [5.41, 5.74) is 0.542. The molecule has 8 nitrogen and oxygen atoms in total. The van der Waals surface area contributed by atoms with Gasteiger partial charge in [0, 0.05) is 51.7 Å². The van der Waals surface area contributed by atoms with E-state index in [0.29, 0.717) is 12.4 Å². The largest absolute Gasteiger partial charge is 0.356 e. The fraction of sp³-hybridized carbons (Fsp3) is 0.350. The minimum atomic E-state index is -0.309. The number of hydrogen-bond donors (Lipinski definition) is 2. The summed E-state index contributed by atoms with van der Waals surface area (Å²) in [5.74, 6) is 1.53. The number of benzene rings is 1. The Kier molecular flexibility index (Phi) is 4.87. The Morgan fingerprint density at radius 1 is 1.18 bits per heavy atom. The number of nitrogens with one attached hydrogen (secondary N) is 2. The van der Waals surface area contributed by atoms with Gasteiger partial charge in [-0.15, -0.1) is 0 Å². The lowest BCUT2D eigenvalue weighted by Gasteiger charge is -2.24. The van der Waals surface area contributed by atoms with Crippen molar-refractivity contribution in [3.8, 4) is 0 Å². The maximum absolute atomic E-state index is 12.2. The summed E-state index contributed by atoms with van der Waals surface area (Å²) in [5, 5.41) is 3.69. The van der Waals surface area contributed by atoms with Crippen LogP contribution >= 0.6 is 0 Å². The third kappa shape index (κ3) is 3.38. The molecule has 1 aliphatic rings. The van der Waals surface area contributed by atoms with E-state index in [1.165, 1.54) is 17.7 Å². The predicted octanol–water partition coefficient (Wildman–Crippen LogP) is 0.765. The van der Waals surface area contributed by atoms with E-state index in [-0.39, 0.29) is 23.3 Å². The molecule has 3 heterocycles. The van der Waals surface area contributed by atoms with Gasteiger partial charge in [0.05, 0.1) is 6.04 Å². The topological polar surface area (TPSA) is 87.9 Å². The molecule has 1 saturated heterocycles. The van der Waals surface area contributed by atoms with Crippen LogP contribution in [0.15, 0.2) is 58.4 Å². The van der Waals surface area contributed by atoms with Crippen molar-refractivity contribution >= 4 is 5.82 Å². The number of aromatic amines is 1. The first-order valence-corrected chi connectivity index (χ1v) is 9.37. The Morgan fingerprint density at radius 2 is 1.96 bits per heavy atom. The number of H-pyrrole nitrogens is 1. The van der Waals surface area contributed by atoms with E-state index in [1.807, 2.05) is 24.4 Å². The van der Waals surface area contributed by atoms with Gasteiger partial charge in [-0.25, -0.2) is 9.78 Å². The number of rotatable bonds is 5. The van der Waals surface area contributed by atoms with E-state index in [0.717, 1.165) is 28.9 Å². The van der Waals surface area contributed by atoms with Gasteiger partial charge in [0.2, 0.25) is 0 Å². The van der Waals surface area contributed by atoms with Crippen LogP contribution in [-0.4, -0.2) is 38.2 Å². The SMILES string of the molecule is Cn1c(N2CC[C@H](NC(c3ccccc3)c3ncc[nH]3)C2)cc(=O)n(C)c1=O. The molecule has 0 aliphatic carbocycles. The molecule has 146 valence electrons. The van der Waals surface area contributed by atoms with Crippen LogP contribution in [0.2, 0.25) is 0 Å². The highest BCUT2D eigenvalue weighted by Crippen LogP contribution is 2.23. The van der Waals surface area contributed by atoms with Gasteiger partial charge >= 0.3 is 5.69 Å². The van der Waals surface area contributed by atoms with E-state index in [2.05, 4.69) is 32.3 Å². The second-order valence-electron chi connectivity index (χ2n) is 7.16. The molecule has 3 aromatic rings. The summed E-state index contributed by atoms with van der Waals surface area (Å²) < 4.78 is 2.66. The fourth-order valence-electron chi connectivity index (χ4n) is 3.78. The number of hydrogen-bond acceptors (Lipinski definition) is 5. The van der Waals surface area contributed by atoms with Gasteiger partial charge in [-0.3, -0.25) is 19.2 Å². The van der Waals surface area contributed by atoms with Crippen LogP contribution in [0.25, 0.3) is 0 Å². The molecular formula is C20H24N6O2. The third-order valence-corrected chi connectivity index (χ3v) is 5.34. The van der Waals surface area contributed by atoms with Crippen molar-refractivity contribution in [1.29, 1.82) is 0 Å². The molecule has 0 bridgehead atoms. The Bertz CT molecular complexity index is 1050. The van der Waals surface area contributed by atoms with Crippen molar-refractivity contribution in [3.63, 3.8) is 0 Å². The quantitative estimate of drug-likeness (QED) is 0.683. The summed E-state index contributed by atoms with van der Waals surface area (Å²) in [6.45, 7) is 1.49. The van der Waals surface area contributed by atoms with Crippen molar-refractivity contribution in [2.75, 3.05) is 18.0 Å². The molecule has 1 aromatic carbocycles. The monoisotopic (exact) mass is 380 g/mol. The molecule has 0 saturated carbocycles. The average Bonchev–Trinajstić information content (AvgIpc) is 3.40. The van der Waals surface area contributed by atoms with E-state index >= 15 is 0 Å². The standard InChI is InChI=1S/C20H24N6O2/c1-24-16(12-17(27)25(2)20(24)28)26-11-8-15(13-26)23-18(19-21-9-10-22-19)14-6-4-3-5-7-14/h3-7,9-10,12,15,18,23H,8,11,13H2,1-2H3,(H,21,22)/t15-,18?/m0/s1. The van der Waals surface area contributed by atoms with Crippen molar-refractivity contribution in [1.82, 2.24) is 24.4 Å². The molecule has 0 spiro atoms. The summed E-state index contributed by atoms with van der Waals surface area (Å²) in [6.07, 6.45) is 4.49. The minimum absolute atomic E-state index is 0.0476. The Morgan fingerprint density at radius 3 is 2.68 bits per heavy atom.